The number of carbonyl (C=O) groups is 1. The van der Waals surface area contributed by atoms with E-state index in [1.165, 1.54) is 6.42 Å². The monoisotopic (exact) mass is 316 g/mol. The molecule has 0 saturated carbocycles. The zero-order valence-corrected chi connectivity index (χ0v) is 14.1. The van der Waals surface area contributed by atoms with E-state index in [1.54, 1.807) is 15.8 Å². The summed E-state index contributed by atoms with van der Waals surface area (Å²) in [7, 11) is 1.85. The zero-order valence-electron chi connectivity index (χ0n) is 14.1. The average Bonchev–Trinajstić information content (AvgIpc) is 2.97. The van der Waals surface area contributed by atoms with E-state index in [1.807, 2.05) is 20.9 Å². The molecule has 1 aliphatic heterocycles. The Morgan fingerprint density at radius 2 is 1.87 bits per heavy atom. The Hall–Kier alpha value is -2.18. The number of nitrogens with zero attached hydrogens (tertiary/aromatic N) is 6. The molecule has 1 amide bonds. The summed E-state index contributed by atoms with van der Waals surface area (Å²) >= 11 is 0. The maximum Gasteiger partial charge on any atom is 0.291 e. The van der Waals surface area contributed by atoms with Crippen molar-refractivity contribution in [1.29, 1.82) is 0 Å². The normalized spacial score (nSPS) is 15.2. The van der Waals surface area contributed by atoms with Gasteiger partial charge in [-0.2, -0.15) is 5.10 Å². The van der Waals surface area contributed by atoms with Gasteiger partial charge in [-0.25, -0.2) is 9.97 Å². The lowest BCUT2D eigenvalue weighted by Crippen LogP contribution is -2.34. The van der Waals surface area contributed by atoms with Gasteiger partial charge >= 0.3 is 0 Å². The summed E-state index contributed by atoms with van der Waals surface area (Å²) in [4.78, 5) is 25.8. The molecule has 0 bridgehead atoms. The Kier molecular flexibility index (Phi) is 4.45. The van der Waals surface area contributed by atoms with Crippen molar-refractivity contribution in [2.24, 2.45) is 7.05 Å². The number of aromatic nitrogens is 4. The van der Waals surface area contributed by atoms with Gasteiger partial charge in [-0.15, -0.1) is 0 Å². The molecule has 0 radical (unpaired) electrons. The summed E-state index contributed by atoms with van der Waals surface area (Å²) in [6.07, 6.45) is 5.37. The average molecular weight is 316 g/mol. The van der Waals surface area contributed by atoms with Crippen molar-refractivity contribution in [3.63, 3.8) is 0 Å². The lowest BCUT2D eigenvalue weighted by atomic mass is 10.1. The molecule has 3 heterocycles. The van der Waals surface area contributed by atoms with Gasteiger partial charge in [0.2, 0.25) is 5.82 Å². The van der Waals surface area contributed by atoms with Crippen molar-refractivity contribution >= 4 is 22.8 Å². The molecule has 0 aliphatic carbocycles. The van der Waals surface area contributed by atoms with Crippen LogP contribution in [0.25, 0.3) is 11.0 Å². The number of fused-ring (bicyclic) bond motifs is 1. The van der Waals surface area contributed by atoms with Crippen molar-refractivity contribution in [3.8, 4) is 0 Å². The molecule has 0 aromatic carbocycles. The Balaban J connectivity index is 2.08. The molecule has 7 heteroatoms. The molecule has 0 atom stereocenters. The highest BCUT2D eigenvalue weighted by Crippen LogP contribution is 2.26. The van der Waals surface area contributed by atoms with E-state index < -0.39 is 0 Å². The smallest absolute Gasteiger partial charge is 0.291 e. The second-order valence-corrected chi connectivity index (χ2v) is 5.90. The molecule has 0 N–H and O–H groups in total. The van der Waals surface area contributed by atoms with Gasteiger partial charge in [0.1, 0.15) is 5.82 Å². The van der Waals surface area contributed by atoms with E-state index in [9.17, 15) is 4.79 Å². The van der Waals surface area contributed by atoms with E-state index in [0.29, 0.717) is 13.1 Å². The number of aryl methyl sites for hydroxylation is 1. The molecular weight excluding hydrogens is 292 g/mol. The van der Waals surface area contributed by atoms with Gasteiger partial charge in [-0.1, -0.05) is 0 Å². The quantitative estimate of drug-likeness (QED) is 0.861. The van der Waals surface area contributed by atoms with Crippen molar-refractivity contribution in [1.82, 2.24) is 24.6 Å². The molecule has 1 aliphatic rings. The minimum Gasteiger partial charge on any atom is -0.356 e. The van der Waals surface area contributed by atoms with Crippen LogP contribution >= 0.6 is 0 Å². The second kappa shape index (κ2) is 6.52. The number of carbonyl (C=O) groups excluding carboxylic acids is 1. The Bertz CT molecular complexity index is 700. The fraction of sp³-hybridized carbons (Fsp3) is 0.625. The Labute approximate surface area is 136 Å². The highest BCUT2D eigenvalue weighted by Gasteiger charge is 2.23. The lowest BCUT2D eigenvalue weighted by molar-refractivity contribution is 0.0761. The van der Waals surface area contributed by atoms with Gasteiger partial charge in [0, 0.05) is 33.2 Å². The second-order valence-electron chi connectivity index (χ2n) is 5.90. The van der Waals surface area contributed by atoms with Crippen LogP contribution in [0.5, 0.6) is 0 Å². The third-order valence-electron chi connectivity index (χ3n) is 4.47. The van der Waals surface area contributed by atoms with E-state index in [4.69, 9.17) is 0 Å². The molecule has 2 aromatic rings. The summed E-state index contributed by atoms with van der Waals surface area (Å²) in [5.41, 5.74) is 0.719. The molecule has 124 valence electrons. The zero-order chi connectivity index (χ0) is 16.4. The van der Waals surface area contributed by atoms with Crippen molar-refractivity contribution in [2.45, 2.75) is 33.1 Å². The van der Waals surface area contributed by atoms with Gasteiger partial charge in [0.05, 0.1) is 11.6 Å². The number of hydrogen-bond acceptors (Lipinski definition) is 5. The molecule has 23 heavy (non-hydrogen) atoms. The van der Waals surface area contributed by atoms with Crippen molar-refractivity contribution in [2.75, 3.05) is 31.1 Å². The molecule has 0 unspecified atom stereocenters. The third kappa shape index (κ3) is 2.87. The number of anilines is 1. The fourth-order valence-corrected chi connectivity index (χ4v) is 3.10. The highest BCUT2D eigenvalue weighted by atomic mass is 16.2. The van der Waals surface area contributed by atoms with Crippen molar-refractivity contribution in [3.05, 3.63) is 12.0 Å². The number of piperidine rings is 1. The highest BCUT2D eigenvalue weighted by molar-refractivity contribution is 5.95. The first kappa shape index (κ1) is 15.7. The van der Waals surface area contributed by atoms with Crippen LogP contribution in [0.15, 0.2) is 6.20 Å². The summed E-state index contributed by atoms with van der Waals surface area (Å²) in [6.45, 7) is 7.19. The molecule has 1 saturated heterocycles. The van der Waals surface area contributed by atoms with Gasteiger partial charge < -0.3 is 9.80 Å². The van der Waals surface area contributed by atoms with Crippen molar-refractivity contribution < 1.29 is 4.79 Å². The van der Waals surface area contributed by atoms with Crippen LogP contribution in [-0.2, 0) is 7.05 Å². The van der Waals surface area contributed by atoms with Gasteiger partial charge in [0.25, 0.3) is 5.91 Å². The minimum atomic E-state index is -0.114. The SMILES string of the molecule is CCN(CC)C(=O)c1nc(N2CCCCC2)c2cnn(C)c2n1. The maximum absolute atomic E-state index is 12.7. The Morgan fingerprint density at radius 1 is 1.17 bits per heavy atom. The first-order valence-electron chi connectivity index (χ1n) is 8.39. The molecule has 2 aromatic heterocycles. The third-order valence-corrected chi connectivity index (χ3v) is 4.47. The first-order chi connectivity index (χ1) is 11.2. The number of hydrogen-bond donors (Lipinski definition) is 0. The summed E-state index contributed by atoms with van der Waals surface area (Å²) in [6, 6.07) is 0. The van der Waals surface area contributed by atoms with Gasteiger partial charge in [-0.3, -0.25) is 9.48 Å². The van der Waals surface area contributed by atoms with E-state index in [0.717, 1.165) is 42.8 Å². The molecular formula is C16H24N6O. The van der Waals surface area contributed by atoms with Crippen LogP contribution in [-0.4, -0.2) is 56.7 Å². The van der Waals surface area contributed by atoms with Gasteiger partial charge in [-0.05, 0) is 33.1 Å². The van der Waals surface area contributed by atoms with Crippen LogP contribution in [0.4, 0.5) is 5.82 Å². The van der Waals surface area contributed by atoms with E-state index in [-0.39, 0.29) is 11.7 Å². The standard InChI is InChI=1S/C16H24N6O/c1-4-21(5-2)16(23)13-18-14-12(11-17-20(14)3)15(19-13)22-9-7-6-8-10-22/h11H,4-10H2,1-3H3. The topological polar surface area (TPSA) is 67.2 Å². The van der Waals surface area contributed by atoms with E-state index >= 15 is 0 Å². The van der Waals surface area contributed by atoms with Crippen LogP contribution < -0.4 is 4.90 Å². The number of rotatable bonds is 4. The maximum atomic E-state index is 12.7. The first-order valence-corrected chi connectivity index (χ1v) is 8.39. The number of amides is 1. The van der Waals surface area contributed by atoms with Crippen LogP contribution in [0, 0.1) is 0 Å². The van der Waals surface area contributed by atoms with Crippen LogP contribution in [0.2, 0.25) is 0 Å². The summed E-state index contributed by atoms with van der Waals surface area (Å²) in [5, 5.41) is 5.22. The molecule has 0 spiro atoms. The predicted molar refractivity (Wildman–Crippen MR) is 89.6 cm³/mol. The van der Waals surface area contributed by atoms with Crippen LogP contribution in [0.3, 0.4) is 0 Å². The summed E-state index contributed by atoms with van der Waals surface area (Å²) in [5.74, 6) is 1.00. The Morgan fingerprint density at radius 3 is 2.52 bits per heavy atom. The van der Waals surface area contributed by atoms with E-state index in [2.05, 4.69) is 20.0 Å². The lowest BCUT2D eigenvalue weighted by Gasteiger charge is -2.28. The molecule has 1 fully saturated rings. The predicted octanol–water partition coefficient (Wildman–Crippen LogP) is 1.84. The minimum absolute atomic E-state index is 0.114. The molecule has 3 rings (SSSR count). The molecule has 7 nitrogen and oxygen atoms in total. The van der Waals surface area contributed by atoms with Gasteiger partial charge in [0.15, 0.2) is 5.65 Å². The largest absolute Gasteiger partial charge is 0.356 e. The van der Waals surface area contributed by atoms with Crippen LogP contribution in [0.1, 0.15) is 43.7 Å². The fourth-order valence-electron chi connectivity index (χ4n) is 3.10. The summed E-state index contributed by atoms with van der Waals surface area (Å²) < 4.78 is 1.71.